The van der Waals surface area contributed by atoms with E-state index in [4.69, 9.17) is 0 Å². The summed E-state index contributed by atoms with van der Waals surface area (Å²) in [5.74, 6) is 0. The normalized spacial score (nSPS) is 11.5. The van der Waals surface area contributed by atoms with Gasteiger partial charge >= 0.3 is 0 Å². The summed E-state index contributed by atoms with van der Waals surface area (Å²) in [6.07, 6.45) is 18.1. The molecule has 0 rings (SSSR count). The molecule has 0 aromatic rings. The van der Waals surface area contributed by atoms with Crippen LogP contribution in [0, 0.1) is 0 Å². The minimum atomic E-state index is 1.08. The molecule has 0 spiro atoms. The highest BCUT2D eigenvalue weighted by Gasteiger charge is 1.79. The van der Waals surface area contributed by atoms with Gasteiger partial charge in [0.15, 0.2) is 0 Å². The molecule has 0 radical (unpaired) electrons. The first-order valence-corrected chi connectivity index (χ1v) is 5.34. The first-order chi connectivity index (χ1) is 6.41. The summed E-state index contributed by atoms with van der Waals surface area (Å²) < 4.78 is 0. The molecule has 0 heterocycles. The van der Waals surface area contributed by atoms with Crippen LogP contribution in [0.15, 0.2) is 37.0 Å². The van der Waals surface area contributed by atoms with Crippen molar-refractivity contribution >= 4 is 0 Å². The summed E-state index contributed by atoms with van der Waals surface area (Å²) >= 11 is 0. The molecule has 0 aliphatic rings. The lowest BCUT2D eigenvalue weighted by atomic mass is 10.2. The van der Waals surface area contributed by atoms with Crippen LogP contribution in [0.2, 0.25) is 0 Å². The van der Waals surface area contributed by atoms with Gasteiger partial charge in [0, 0.05) is 0 Å². The van der Waals surface area contributed by atoms with Gasteiger partial charge in [0.05, 0.1) is 0 Å². The molecule has 0 fully saturated rings. The predicted octanol–water partition coefficient (Wildman–Crippen LogP) is 4.65. The molecule has 0 N–H and O–H groups in total. The molecule has 0 heteroatoms. The van der Waals surface area contributed by atoms with Crippen molar-refractivity contribution < 1.29 is 0 Å². The molecular weight excluding hydrogens is 156 g/mol. The van der Waals surface area contributed by atoms with Crippen LogP contribution >= 0.6 is 0 Å². The van der Waals surface area contributed by atoms with E-state index in [1.165, 1.54) is 25.7 Å². The molecule has 0 saturated heterocycles. The molecule has 0 aliphatic carbocycles. The number of rotatable bonds is 8. The third-order valence-corrected chi connectivity index (χ3v) is 1.90. The number of unbranched alkanes of at least 4 members (excludes halogenated alkanes) is 4. The molecule has 0 unspecified atom stereocenters. The molecular formula is C13H22. The Morgan fingerprint density at radius 2 is 1.62 bits per heavy atom. The number of hydrogen-bond donors (Lipinski definition) is 0. The van der Waals surface area contributed by atoms with Gasteiger partial charge < -0.3 is 0 Å². The first kappa shape index (κ1) is 12.2. The number of hydrogen-bond acceptors (Lipinski definition) is 0. The Morgan fingerprint density at radius 3 is 2.23 bits per heavy atom. The van der Waals surface area contributed by atoms with Crippen LogP contribution < -0.4 is 0 Å². The second-order valence-electron chi connectivity index (χ2n) is 3.22. The highest BCUT2D eigenvalue weighted by molar-refractivity contribution is 5.02. The topological polar surface area (TPSA) is 0 Å². The maximum atomic E-state index is 3.68. The van der Waals surface area contributed by atoms with Crippen molar-refractivity contribution in [2.75, 3.05) is 0 Å². The molecule has 0 atom stereocenters. The summed E-state index contributed by atoms with van der Waals surface area (Å²) in [6.45, 7) is 5.91. The lowest BCUT2D eigenvalue weighted by Crippen LogP contribution is -1.69. The van der Waals surface area contributed by atoms with Crippen LogP contribution in [0.3, 0.4) is 0 Å². The van der Waals surface area contributed by atoms with Crippen molar-refractivity contribution in [1.29, 1.82) is 0 Å². The average molecular weight is 178 g/mol. The fraction of sp³-hybridized carbons (Fsp3) is 0.538. The van der Waals surface area contributed by atoms with E-state index in [-0.39, 0.29) is 0 Å². The fourth-order valence-electron chi connectivity index (χ4n) is 1.08. The third kappa shape index (κ3) is 11.2. The van der Waals surface area contributed by atoms with Crippen molar-refractivity contribution in [2.24, 2.45) is 0 Å². The SMILES string of the molecule is C=CCC/C=C\C=C\CCCCC. The lowest BCUT2D eigenvalue weighted by Gasteiger charge is -1.89. The van der Waals surface area contributed by atoms with E-state index in [1.807, 2.05) is 6.08 Å². The zero-order valence-electron chi connectivity index (χ0n) is 8.84. The van der Waals surface area contributed by atoms with Crippen molar-refractivity contribution in [3.05, 3.63) is 37.0 Å². The van der Waals surface area contributed by atoms with Gasteiger partial charge in [-0.15, -0.1) is 6.58 Å². The van der Waals surface area contributed by atoms with Gasteiger partial charge in [-0.05, 0) is 25.7 Å². The molecule has 0 bridgehead atoms. The third-order valence-electron chi connectivity index (χ3n) is 1.90. The van der Waals surface area contributed by atoms with E-state index in [1.54, 1.807) is 0 Å². The van der Waals surface area contributed by atoms with Crippen LogP contribution in [-0.2, 0) is 0 Å². The van der Waals surface area contributed by atoms with Gasteiger partial charge in [0.25, 0.3) is 0 Å². The predicted molar refractivity (Wildman–Crippen MR) is 61.9 cm³/mol. The van der Waals surface area contributed by atoms with Crippen molar-refractivity contribution in [3.63, 3.8) is 0 Å². The Hall–Kier alpha value is -0.780. The van der Waals surface area contributed by atoms with Crippen molar-refractivity contribution in [3.8, 4) is 0 Å². The van der Waals surface area contributed by atoms with Gasteiger partial charge in [-0.3, -0.25) is 0 Å². The van der Waals surface area contributed by atoms with Crippen molar-refractivity contribution in [2.45, 2.75) is 45.4 Å². The summed E-state index contributed by atoms with van der Waals surface area (Å²) in [5.41, 5.74) is 0. The Labute approximate surface area is 83.0 Å². The minimum absolute atomic E-state index is 1.08. The van der Waals surface area contributed by atoms with E-state index in [0.717, 1.165) is 12.8 Å². The Bertz CT molecular complexity index is 151. The molecule has 0 nitrogen and oxygen atoms in total. The molecule has 0 aromatic heterocycles. The summed E-state index contributed by atoms with van der Waals surface area (Å²) in [4.78, 5) is 0. The molecule has 0 aromatic carbocycles. The van der Waals surface area contributed by atoms with Crippen LogP contribution in [0.1, 0.15) is 45.4 Å². The van der Waals surface area contributed by atoms with Gasteiger partial charge in [-0.2, -0.15) is 0 Å². The van der Waals surface area contributed by atoms with E-state index in [2.05, 4.69) is 37.8 Å². The maximum Gasteiger partial charge on any atom is -0.0313 e. The van der Waals surface area contributed by atoms with Crippen LogP contribution in [0.5, 0.6) is 0 Å². The second-order valence-corrected chi connectivity index (χ2v) is 3.22. The van der Waals surface area contributed by atoms with Crippen LogP contribution in [0.25, 0.3) is 0 Å². The quantitative estimate of drug-likeness (QED) is 0.288. The standard InChI is InChI=1S/C13H22/c1-3-5-7-9-11-13-12-10-8-6-4-2/h3,9,11-13H,1,4-8,10H2,2H3/b11-9-,13-12+. The second kappa shape index (κ2) is 11.2. The van der Waals surface area contributed by atoms with Gasteiger partial charge in [0.2, 0.25) is 0 Å². The Balaban J connectivity index is 3.19. The van der Waals surface area contributed by atoms with E-state index < -0.39 is 0 Å². The summed E-state index contributed by atoms with van der Waals surface area (Å²) in [5, 5.41) is 0. The fourth-order valence-corrected chi connectivity index (χ4v) is 1.08. The van der Waals surface area contributed by atoms with E-state index in [9.17, 15) is 0 Å². The number of allylic oxidation sites excluding steroid dienone is 5. The van der Waals surface area contributed by atoms with Crippen LogP contribution in [0.4, 0.5) is 0 Å². The first-order valence-electron chi connectivity index (χ1n) is 5.34. The Morgan fingerprint density at radius 1 is 0.923 bits per heavy atom. The maximum absolute atomic E-state index is 3.68. The molecule has 74 valence electrons. The minimum Gasteiger partial charge on any atom is -0.103 e. The van der Waals surface area contributed by atoms with Crippen LogP contribution in [-0.4, -0.2) is 0 Å². The zero-order chi connectivity index (χ0) is 9.78. The van der Waals surface area contributed by atoms with Crippen molar-refractivity contribution in [1.82, 2.24) is 0 Å². The summed E-state index contributed by atoms with van der Waals surface area (Å²) in [7, 11) is 0. The molecule has 13 heavy (non-hydrogen) atoms. The Kier molecular flexibility index (Phi) is 10.5. The molecule has 0 amide bonds. The van der Waals surface area contributed by atoms with E-state index >= 15 is 0 Å². The van der Waals surface area contributed by atoms with Gasteiger partial charge in [0.1, 0.15) is 0 Å². The van der Waals surface area contributed by atoms with Gasteiger partial charge in [-0.1, -0.05) is 50.1 Å². The summed E-state index contributed by atoms with van der Waals surface area (Å²) in [6, 6.07) is 0. The van der Waals surface area contributed by atoms with Gasteiger partial charge in [-0.25, -0.2) is 0 Å². The largest absolute Gasteiger partial charge is 0.103 e. The van der Waals surface area contributed by atoms with E-state index in [0.29, 0.717) is 0 Å². The average Bonchev–Trinajstić information content (AvgIpc) is 2.16. The molecule has 0 aliphatic heterocycles. The molecule has 0 saturated carbocycles. The monoisotopic (exact) mass is 178 g/mol. The highest BCUT2D eigenvalue weighted by atomic mass is 13.9. The smallest absolute Gasteiger partial charge is 0.0313 e. The lowest BCUT2D eigenvalue weighted by molar-refractivity contribution is 0.729. The zero-order valence-corrected chi connectivity index (χ0v) is 8.84. The highest BCUT2D eigenvalue weighted by Crippen LogP contribution is 1.99.